The van der Waals surface area contributed by atoms with Crippen LogP contribution < -0.4 is 0 Å². The molecule has 1 aliphatic heterocycles. The fourth-order valence-corrected chi connectivity index (χ4v) is 2.90. The Morgan fingerprint density at radius 2 is 1.91 bits per heavy atom. The van der Waals surface area contributed by atoms with Crippen molar-refractivity contribution in [3.05, 3.63) is 35.9 Å². The zero-order chi connectivity index (χ0) is 17.0. The smallest absolute Gasteiger partial charge is 0.422 e. The van der Waals surface area contributed by atoms with E-state index < -0.39 is 24.7 Å². The molecule has 1 fully saturated rings. The van der Waals surface area contributed by atoms with Gasteiger partial charge in [-0.3, -0.25) is 4.79 Å². The molecule has 1 aromatic carbocycles. The fraction of sp³-hybridized carbons (Fsp3) is 0.500. The van der Waals surface area contributed by atoms with Crippen LogP contribution in [0.2, 0.25) is 0 Å². The summed E-state index contributed by atoms with van der Waals surface area (Å²) in [5, 5.41) is 0. The Morgan fingerprint density at radius 1 is 1.26 bits per heavy atom. The van der Waals surface area contributed by atoms with Crippen LogP contribution in [0.3, 0.4) is 0 Å². The summed E-state index contributed by atoms with van der Waals surface area (Å²) < 4.78 is 40.5. The van der Waals surface area contributed by atoms with Gasteiger partial charge >= 0.3 is 18.1 Å². The minimum atomic E-state index is -4.65. The van der Waals surface area contributed by atoms with Crippen molar-refractivity contribution < 1.29 is 27.5 Å². The van der Waals surface area contributed by atoms with Crippen LogP contribution >= 0.6 is 0 Å². The monoisotopic (exact) mass is 329 g/mol. The van der Waals surface area contributed by atoms with Gasteiger partial charge in [-0.25, -0.2) is 4.79 Å². The van der Waals surface area contributed by atoms with Crippen molar-refractivity contribution in [1.82, 2.24) is 4.90 Å². The summed E-state index contributed by atoms with van der Waals surface area (Å²) in [5.74, 6) is -2.38. The first kappa shape index (κ1) is 17.3. The van der Waals surface area contributed by atoms with Crippen LogP contribution in [-0.4, -0.2) is 36.1 Å². The molecule has 0 bridgehead atoms. The van der Waals surface area contributed by atoms with Crippen molar-refractivity contribution >= 4 is 11.9 Å². The van der Waals surface area contributed by atoms with E-state index in [1.54, 1.807) is 0 Å². The van der Waals surface area contributed by atoms with E-state index in [1.165, 1.54) is 4.90 Å². The topological polar surface area (TPSA) is 46.6 Å². The number of amides is 1. The third kappa shape index (κ3) is 4.46. The molecule has 7 heteroatoms. The van der Waals surface area contributed by atoms with Crippen molar-refractivity contribution in [2.45, 2.75) is 32.0 Å². The summed E-state index contributed by atoms with van der Waals surface area (Å²) in [7, 11) is 0. The van der Waals surface area contributed by atoms with Gasteiger partial charge in [-0.2, -0.15) is 13.2 Å². The van der Waals surface area contributed by atoms with Crippen LogP contribution in [-0.2, 0) is 14.3 Å². The summed E-state index contributed by atoms with van der Waals surface area (Å²) >= 11 is 0. The van der Waals surface area contributed by atoms with Gasteiger partial charge in [-0.05, 0) is 24.3 Å². The number of rotatable bonds is 2. The van der Waals surface area contributed by atoms with Crippen molar-refractivity contribution in [3.8, 4) is 0 Å². The lowest BCUT2D eigenvalue weighted by Gasteiger charge is -2.39. The second-order valence-electron chi connectivity index (χ2n) is 5.66. The molecule has 0 aliphatic carbocycles. The normalized spacial score (nSPS) is 21.8. The largest absolute Gasteiger partial charge is 0.449 e. The minimum absolute atomic E-state index is 0.102. The standard InChI is InChI=1S/C16H18F3NO3/c1-11-6-5-9-20(13(11)12-7-3-2-4-8-12)14(21)15(22)23-10-16(17,18)19/h2-4,7-8,11,13H,5-6,9-10H2,1H3. The molecule has 1 amide bonds. The van der Waals surface area contributed by atoms with Crippen LogP contribution in [0.1, 0.15) is 31.4 Å². The van der Waals surface area contributed by atoms with Crippen LogP contribution in [0.25, 0.3) is 0 Å². The summed E-state index contributed by atoms with van der Waals surface area (Å²) in [6.45, 7) is 0.527. The highest BCUT2D eigenvalue weighted by Gasteiger charge is 2.38. The van der Waals surface area contributed by atoms with Gasteiger partial charge in [0.2, 0.25) is 0 Å². The molecule has 1 heterocycles. The number of hydrogen-bond donors (Lipinski definition) is 0. The molecule has 2 unspecified atom stereocenters. The number of halogens is 3. The summed E-state index contributed by atoms with van der Waals surface area (Å²) in [6.07, 6.45) is -3.08. The second-order valence-corrected chi connectivity index (χ2v) is 5.66. The number of alkyl halides is 3. The maximum atomic E-state index is 12.2. The number of hydrogen-bond acceptors (Lipinski definition) is 3. The summed E-state index contributed by atoms with van der Waals surface area (Å²) in [6, 6.07) is 8.82. The van der Waals surface area contributed by atoms with Gasteiger partial charge in [0.05, 0.1) is 6.04 Å². The van der Waals surface area contributed by atoms with Crippen molar-refractivity contribution in [2.24, 2.45) is 5.92 Å². The molecule has 0 N–H and O–H groups in total. The molecule has 1 aliphatic rings. The number of carbonyl (C=O) groups is 2. The third-order valence-electron chi connectivity index (χ3n) is 3.88. The Morgan fingerprint density at radius 3 is 2.52 bits per heavy atom. The highest BCUT2D eigenvalue weighted by molar-refractivity contribution is 6.32. The highest BCUT2D eigenvalue weighted by atomic mass is 19.4. The Hall–Kier alpha value is -2.05. The molecule has 0 radical (unpaired) electrons. The molecule has 0 saturated carbocycles. The van der Waals surface area contributed by atoms with E-state index in [0.717, 1.165) is 12.0 Å². The van der Waals surface area contributed by atoms with E-state index in [4.69, 9.17) is 0 Å². The van der Waals surface area contributed by atoms with E-state index >= 15 is 0 Å². The maximum absolute atomic E-state index is 12.2. The van der Waals surface area contributed by atoms with Gasteiger partial charge in [0.1, 0.15) is 0 Å². The number of nitrogens with zero attached hydrogens (tertiary/aromatic N) is 1. The molecule has 1 aromatic rings. The SMILES string of the molecule is CC1CCCN(C(=O)C(=O)OCC(F)(F)F)C1c1ccccc1. The predicted molar refractivity (Wildman–Crippen MR) is 76.3 cm³/mol. The molecule has 4 nitrogen and oxygen atoms in total. The van der Waals surface area contributed by atoms with Gasteiger partial charge in [0.15, 0.2) is 6.61 Å². The van der Waals surface area contributed by atoms with Gasteiger partial charge in [-0.15, -0.1) is 0 Å². The zero-order valence-corrected chi connectivity index (χ0v) is 12.7. The second kappa shape index (κ2) is 7.02. The lowest BCUT2D eigenvalue weighted by molar-refractivity contribution is -0.190. The van der Waals surface area contributed by atoms with E-state index in [9.17, 15) is 22.8 Å². The van der Waals surface area contributed by atoms with Gasteiger partial charge < -0.3 is 9.64 Å². The third-order valence-corrected chi connectivity index (χ3v) is 3.88. The molecule has 1 saturated heterocycles. The summed E-state index contributed by atoms with van der Waals surface area (Å²) in [5.41, 5.74) is 0.858. The fourth-order valence-electron chi connectivity index (χ4n) is 2.90. The average Bonchev–Trinajstić information content (AvgIpc) is 2.51. The zero-order valence-electron chi connectivity index (χ0n) is 12.7. The Bertz CT molecular complexity index is 559. The number of ether oxygens (including phenoxy) is 1. The van der Waals surface area contributed by atoms with Crippen molar-refractivity contribution in [3.63, 3.8) is 0 Å². The molecule has 0 aromatic heterocycles. The molecular formula is C16H18F3NO3. The van der Waals surface area contributed by atoms with E-state index in [0.29, 0.717) is 13.0 Å². The van der Waals surface area contributed by atoms with Crippen LogP contribution in [0.5, 0.6) is 0 Å². The Balaban J connectivity index is 2.14. The first-order valence-electron chi connectivity index (χ1n) is 7.39. The van der Waals surface area contributed by atoms with Gasteiger partial charge in [0.25, 0.3) is 0 Å². The molecule has 23 heavy (non-hydrogen) atoms. The first-order chi connectivity index (χ1) is 10.8. The van der Waals surface area contributed by atoms with Gasteiger partial charge in [-0.1, -0.05) is 37.3 Å². The molecule has 2 rings (SSSR count). The number of benzene rings is 1. The maximum Gasteiger partial charge on any atom is 0.422 e. The molecular weight excluding hydrogens is 311 g/mol. The molecule has 126 valence electrons. The van der Waals surface area contributed by atoms with E-state index in [-0.39, 0.29) is 12.0 Å². The number of carbonyl (C=O) groups excluding carboxylic acids is 2. The van der Waals surface area contributed by atoms with E-state index in [2.05, 4.69) is 4.74 Å². The average molecular weight is 329 g/mol. The lowest BCUT2D eigenvalue weighted by atomic mass is 9.86. The number of esters is 1. The first-order valence-corrected chi connectivity index (χ1v) is 7.39. The van der Waals surface area contributed by atoms with Crippen molar-refractivity contribution in [1.29, 1.82) is 0 Å². The number of piperidine rings is 1. The van der Waals surface area contributed by atoms with Crippen LogP contribution in [0.15, 0.2) is 30.3 Å². The Labute approximate surface area is 132 Å². The molecule has 2 atom stereocenters. The lowest BCUT2D eigenvalue weighted by Crippen LogP contribution is -2.46. The number of likely N-dealkylation sites (tertiary alicyclic amines) is 1. The quantitative estimate of drug-likeness (QED) is 0.619. The van der Waals surface area contributed by atoms with E-state index in [1.807, 2.05) is 37.3 Å². The summed E-state index contributed by atoms with van der Waals surface area (Å²) in [4.78, 5) is 25.2. The van der Waals surface area contributed by atoms with Crippen LogP contribution in [0.4, 0.5) is 13.2 Å². The highest BCUT2D eigenvalue weighted by Crippen LogP contribution is 2.35. The van der Waals surface area contributed by atoms with Gasteiger partial charge in [0, 0.05) is 6.54 Å². The van der Waals surface area contributed by atoms with Crippen molar-refractivity contribution in [2.75, 3.05) is 13.2 Å². The molecule has 0 spiro atoms. The predicted octanol–water partition coefficient (Wildman–Crippen LogP) is 3.09. The minimum Gasteiger partial charge on any atom is -0.449 e. The Kier molecular flexibility index (Phi) is 5.28. The van der Waals surface area contributed by atoms with Crippen LogP contribution in [0, 0.1) is 5.92 Å².